The van der Waals surface area contributed by atoms with Gasteiger partial charge in [0.2, 0.25) is 5.91 Å². The number of nitrogens with one attached hydrogen (secondary N) is 2. The van der Waals surface area contributed by atoms with Gasteiger partial charge in [-0.05, 0) is 11.5 Å². The molecule has 2 aromatic carbocycles. The molecule has 0 aromatic heterocycles. The minimum Gasteiger partial charge on any atom is -0.363 e. The molecule has 0 aliphatic carbocycles. The quantitative estimate of drug-likeness (QED) is 0.914. The van der Waals surface area contributed by atoms with Crippen LogP contribution in [0.5, 0.6) is 0 Å². The number of amidine groups is 1. The van der Waals surface area contributed by atoms with E-state index >= 15 is 0 Å². The Hall–Kier alpha value is -1.72. The zero-order valence-corrected chi connectivity index (χ0v) is 13.0. The molecule has 0 saturated carbocycles. The molecule has 0 spiro atoms. The van der Waals surface area contributed by atoms with Crippen LogP contribution in [0, 0.1) is 0 Å². The Balaban J connectivity index is 0.00000161. The lowest BCUT2D eigenvalue weighted by atomic mass is 10.1. The van der Waals surface area contributed by atoms with Crippen LogP contribution in [0.15, 0.2) is 47.5 Å². The number of rotatable bonds is 3. The van der Waals surface area contributed by atoms with Crippen LogP contribution in [0.1, 0.15) is 0 Å². The third-order valence-electron chi connectivity index (χ3n) is 3.05. The summed E-state index contributed by atoms with van der Waals surface area (Å²) in [6, 6.07) is 13.9. The molecule has 1 heterocycles. The normalized spacial score (nSPS) is 13.2. The molecule has 0 saturated heterocycles. The summed E-state index contributed by atoms with van der Waals surface area (Å²) in [6.07, 6.45) is 0. The third kappa shape index (κ3) is 3.89. The van der Waals surface area contributed by atoms with Crippen molar-refractivity contribution < 1.29 is 4.79 Å². The Morgan fingerprint density at radius 1 is 1.24 bits per heavy atom. The minimum atomic E-state index is -0.0113. The van der Waals surface area contributed by atoms with E-state index in [1.165, 1.54) is 11.8 Å². The second-order valence-electron chi connectivity index (χ2n) is 4.48. The highest BCUT2D eigenvalue weighted by Gasteiger charge is 2.10. The van der Waals surface area contributed by atoms with Crippen molar-refractivity contribution in [3.63, 3.8) is 0 Å². The first-order chi connectivity index (χ1) is 9.83. The monoisotopic (exact) mass is 321 g/mol. The van der Waals surface area contributed by atoms with Crippen LogP contribution in [-0.4, -0.2) is 29.9 Å². The van der Waals surface area contributed by atoms with Gasteiger partial charge in [-0.15, -0.1) is 12.4 Å². The predicted octanol–water partition coefficient (Wildman–Crippen LogP) is 2.89. The molecule has 0 atom stereocenters. The minimum absolute atomic E-state index is 0. The molecule has 1 aliphatic heterocycles. The molecular formula is C15H16ClN3OS. The van der Waals surface area contributed by atoms with Crippen LogP contribution in [-0.2, 0) is 4.79 Å². The summed E-state index contributed by atoms with van der Waals surface area (Å²) >= 11 is 1.44. The summed E-state index contributed by atoms with van der Waals surface area (Å²) in [7, 11) is 0. The fraction of sp³-hybridized carbons (Fsp3) is 0.200. The number of amides is 1. The zero-order chi connectivity index (χ0) is 13.8. The Morgan fingerprint density at radius 3 is 2.86 bits per heavy atom. The summed E-state index contributed by atoms with van der Waals surface area (Å²) < 4.78 is 0. The summed E-state index contributed by atoms with van der Waals surface area (Å²) in [5.41, 5.74) is 0.856. The van der Waals surface area contributed by atoms with E-state index < -0.39 is 0 Å². The lowest BCUT2D eigenvalue weighted by molar-refractivity contribution is -0.113. The highest BCUT2D eigenvalue weighted by Crippen LogP contribution is 2.23. The largest absolute Gasteiger partial charge is 0.363 e. The van der Waals surface area contributed by atoms with Crippen LogP contribution < -0.4 is 10.6 Å². The number of carbonyl (C=O) groups excluding carboxylic acids is 1. The Kier molecular flexibility index (Phi) is 5.47. The number of benzene rings is 2. The zero-order valence-electron chi connectivity index (χ0n) is 11.3. The van der Waals surface area contributed by atoms with Crippen LogP contribution in [0.3, 0.4) is 0 Å². The van der Waals surface area contributed by atoms with E-state index in [0.29, 0.717) is 5.75 Å². The number of thioether (sulfide) groups is 1. The van der Waals surface area contributed by atoms with Gasteiger partial charge < -0.3 is 10.6 Å². The number of aliphatic imine (C=N–C) groups is 1. The van der Waals surface area contributed by atoms with E-state index in [9.17, 15) is 4.79 Å². The number of nitrogens with zero attached hydrogens (tertiary/aromatic N) is 1. The predicted molar refractivity (Wildman–Crippen MR) is 92.6 cm³/mol. The summed E-state index contributed by atoms with van der Waals surface area (Å²) in [4.78, 5) is 16.3. The fourth-order valence-corrected chi connectivity index (χ4v) is 2.85. The summed E-state index contributed by atoms with van der Waals surface area (Å²) in [5.74, 6) is 0.359. The van der Waals surface area contributed by atoms with Gasteiger partial charge in [0.05, 0.1) is 12.3 Å². The van der Waals surface area contributed by atoms with Gasteiger partial charge in [0, 0.05) is 17.6 Å². The molecule has 110 valence electrons. The lowest BCUT2D eigenvalue weighted by Gasteiger charge is -2.08. The van der Waals surface area contributed by atoms with Crippen LogP contribution >= 0.6 is 24.2 Å². The van der Waals surface area contributed by atoms with Gasteiger partial charge in [-0.25, -0.2) is 0 Å². The van der Waals surface area contributed by atoms with Gasteiger partial charge in [-0.1, -0.05) is 48.2 Å². The molecule has 0 fully saturated rings. The molecule has 4 nitrogen and oxygen atoms in total. The molecule has 2 aromatic rings. The van der Waals surface area contributed by atoms with E-state index in [4.69, 9.17) is 0 Å². The maximum atomic E-state index is 12.0. The van der Waals surface area contributed by atoms with Gasteiger partial charge in [0.1, 0.15) is 0 Å². The maximum Gasteiger partial charge on any atom is 0.234 e. The standard InChI is InChI=1S/C15H15N3OS.ClH/c19-14(10-20-15-16-8-9-17-15)18-13-7-3-5-11-4-1-2-6-12(11)13;/h1-7H,8-10H2,(H,16,17)(H,18,19);1H. The molecule has 2 N–H and O–H groups in total. The Bertz CT molecular complexity index is 670. The number of halogens is 1. The fourth-order valence-electron chi connectivity index (χ4n) is 2.13. The van der Waals surface area contributed by atoms with Crippen molar-refractivity contribution in [2.24, 2.45) is 4.99 Å². The highest BCUT2D eigenvalue weighted by molar-refractivity contribution is 8.14. The molecule has 0 bridgehead atoms. The molecule has 1 aliphatic rings. The number of hydrogen-bond donors (Lipinski definition) is 2. The first-order valence-corrected chi connectivity index (χ1v) is 7.50. The van der Waals surface area contributed by atoms with E-state index in [1.54, 1.807) is 0 Å². The van der Waals surface area contributed by atoms with Crippen LogP contribution in [0.4, 0.5) is 5.69 Å². The molecule has 0 radical (unpaired) electrons. The van der Waals surface area contributed by atoms with Crippen molar-refractivity contribution in [2.45, 2.75) is 0 Å². The van der Waals surface area contributed by atoms with E-state index in [-0.39, 0.29) is 18.3 Å². The second-order valence-corrected chi connectivity index (χ2v) is 5.44. The van der Waals surface area contributed by atoms with Crippen molar-refractivity contribution in [1.29, 1.82) is 0 Å². The molecule has 21 heavy (non-hydrogen) atoms. The summed E-state index contributed by atoms with van der Waals surface area (Å²) in [6.45, 7) is 1.67. The first-order valence-electron chi connectivity index (χ1n) is 6.52. The maximum absolute atomic E-state index is 12.0. The molecule has 6 heteroatoms. The van der Waals surface area contributed by atoms with Crippen molar-refractivity contribution in [3.8, 4) is 0 Å². The lowest BCUT2D eigenvalue weighted by Crippen LogP contribution is -2.20. The number of fused-ring (bicyclic) bond motifs is 1. The topological polar surface area (TPSA) is 53.5 Å². The van der Waals surface area contributed by atoms with Crippen molar-refractivity contribution in [3.05, 3.63) is 42.5 Å². The van der Waals surface area contributed by atoms with Crippen molar-refractivity contribution >= 4 is 51.7 Å². The van der Waals surface area contributed by atoms with Crippen molar-refractivity contribution in [1.82, 2.24) is 5.32 Å². The van der Waals surface area contributed by atoms with E-state index in [2.05, 4.69) is 15.6 Å². The SMILES string of the molecule is Cl.O=C(CSC1=NCCN1)Nc1cccc2ccccc12. The van der Waals surface area contributed by atoms with E-state index in [1.807, 2.05) is 42.5 Å². The highest BCUT2D eigenvalue weighted by atomic mass is 35.5. The number of anilines is 1. The van der Waals surface area contributed by atoms with Crippen molar-refractivity contribution in [2.75, 3.05) is 24.2 Å². The van der Waals surface area contributed by atoms with Gasteiger partial charge in [0.25, 0.3) is 0 Å². The van der Waals surface area contributed by atoms with E-state index in [0.717, 1.165) is 34.7 Å². The smallest absolute Gasteiger partial charge is 0.234 e. The average molecular weight is 322 g/mol. The summed E-state index contributed by atoms with van der Waals surface area (Å²) in [5, 5.41) is 9.15. The van der Waals surface area contributed by atoms with Gasteiger partial charge in [-0.2, -0.15) is 0 Å². The molecule has 0 unspecified atom stereocenters. The Labute approximate surface area is 133 Å². The molecule has 3 rings (SSSR count). The third-order valence-corrected chi connectivity index (χ3v) is 4.00. The number of hydrogen-bond acceptors (Lipinski definition) is 4. The molecule has 1 amide bonds. The first kappa shape index (κ1) is 15.7. The molecular weight excluding hydrogens is 306 g/mol. The van der Waals surface area contributed by atoms with Gasteiger partial charge >= 0.3 is 0 Å². The van der Waals surface area contributed by atoms with Gasteiger partial charge in [-0.3, -0.25) is 9.79 Å². The number of carbonyl (C=O) groups is 1. The second kappa shape index (κ2) is 7.33. The Morgan fingerprint density at radius 2 is 2.05 bits per heavy atom. The van der Waals surface area contributed by atoms with Crippen LogP contribution in [0.2, 0.25) is 0 Å². The van der Waals surface area contributed by atoms with Crippen LogP contribution in [0.25, 0.3) is 10.8 Å². The average Bonchev–Trinajstić information content (AvgIpc) is 2.99. The van der Waals surface area contributed by atoms with Gasteiger partial charge in [0.15, 0.2) is 5.17 Å².